The van der Waals surface area contributed by atoms with E-state index in [1.54, 1.807) is 0 Å². The first-order valence-electron chi connectivity index (χ1n) is 35.3. The quantitative estimate of drug-likeness (QED) is 0.141. The molecule has 15 rings (SSSR count). The molecule has 0 atom stereocenters. The van der Waals surface area contributed by atoms with E-state index in [0.717, 1.165) is 96.5 Å². The molecule has 0 aromatic heterocycles. The summed E-state index contributed by atoms with van der Waals surface area (Å²) in [4.78, 5) is 10.0. The number of rotatable bonds is 8. The third-order valence-electron chi connectivity index (χ3n) is 20.7. The van der Waals surface area contributed by atoms with Crippen LogP contribution >= 0.6 is 0 Å². The van der Waals surface area contributed by atoms with Crippen LogP contribution in [0.25, 0.3) is 0 Å². The number of anilines is 12. The lowest BCUT2D eigenvalue weighted by atomic mass is 9.29. The van der Waals surface area contributed by atoms with Crippen molar-refractivity contribution in [2.45, 2.75) is 157 Å². The Morgan fingerprint density at radius 1 is 0.255 bits per heavy atom. The Labute approximate surface area is 584 Å². The molecular weight excluding hydrogens is 1190 g/mol. The van der Waals surface area contributed by atoms with Crippen LogP contribution in [0.2, 0.25) is 0 Å². The fraction of sp³-hybridized carbons (Fsp3) is 0.267. The van der Waals surface area contributed by atoms with Crippen molar-refractivity contribution in [1.29, 1.82) is 0 Å². The van der Waals surface area contributed by atoms with Crippen LogP contribution < -0.4 is 61.9 Å². The van der Waals surface area contributed by atoms with Gasteiger partial charge in [-0.05, 0) is 190 Å². The van der Waals surface area contributed by atoms with Gasteiger partial charge in [-0.2, -0.15) is 0 Å². The van der Waals surface area contributed by atoms with Crippen molar-refractivity contribution in [2.75, 3.05) is 19.6 Å². The largest absolute Gasteiger partial charge is 0.458 e. The van der Waals surface area contributed by atoms with E-state index in [1.165, 1.54) is 60.9 Å². The number of ether oxygens (including phenoxy) is 2. The lowest BCUT2D eigenvalue weighted by Crippen LogP contribution is -2.65. The molecule has 0 N–H and O–H groups in total. The molecule has 0 amide bonds. The van der Waals surface area contributed by atoms with Gasteiger partial charge in [0.15, 0.2) is 0 Å². The van der Waals surface area contributed by atoms with Gasteiger partial charge in [-0.1, -0.05) is 240 Å². The summed E-state index contributed by atoms with van der Waals surface area (Å²) in [7, 11) is 0. The molecule has 4 aliphatic heterocycles. The maximum atomic E-state index is 7.83. The first kappa shape index (κ1) is 64.4. The van der Waals surface area contributed by atoms with Crippen LogP contribution in [0.4, 0.5) is 68.2 Å². The second kappa shape index (κ2) is 23.0. The van der Waals surface area contributed by atoms with Crippen LogP contribution in [0, 0.1) is 0 Å². The summed E-state index contributed by atoms with van der Waals surface area (Å²) in [6, 6.07) is 86.3. The van der Waals surface area contributed by atoms with Gasteiger partial charge < -0.3 is 29.1 Å². The van der Waals surface area contributed by atoms with Crippen molar-refractivity contribution in [3.05, 3.63) is 264 Å². The molecule has 0 radical (unpaired) electrons. The van der Waals surface area contributed by atoms with E-state index in [1.807, 2.05) is 0 Å². The van der Waals surface area contributed by atoms with Crippen LogP contribution in [-0.2, 0) is 32.5 Å². The summed E-state index contributed by atoms with van der Waals surface area (Å²) in [5.41, 5.74) is 26.6. The summed E-state index contributed by atoms with van der Waals surface area (Å²) in [5.74, 6) is 3.29. The van der Waals surface area contributed by atoms with Crippen molar-refractivity contribution in [2.24, 2.45) is 0 Å². The summed E-state index contributed by atoms with van der Waals surface area (Å²) in [6.45, 7) is 42.2. The Kier molecular flexibility index (Phi) is 15.1. The topological polar surface area (TPSA) is 31.4 Å². The fourth-order valence-corrected chi connectivity index (χ4v) is 15.5. The SMILES string of the molecule is CC(C)(C)c1cc(N2c3cc(N(c4ccccc4)c4ccccc4)cc4c3B(c3cc5c(cc3N4c3ccccc3)Oc3cc(N(c4ccccc4)c4ccccc4)cc4c3B5c3c(cc(C(C)(C)C)cc3C(C)(C)C)O4)c3c2cc(C(C)(C)C)cc3C(C)(C)C)cc(C(C)(C)C)c1. The number of fused-ring (bicyclic) bond motifs is 8. The molecule has 0 fully saturated rings. The molecule has 0 saturated carbocycles. The highest BCUT2D eigenvalue weighted by molar-refractivity contribution is 7.02. The standard InChI is InChI=1S/C90H92B2N4O2/c1-85(2,3)57-44-58(86(4,5)6)46-66(45-57)96-74-49-59(87(7,8)9)47-69(89(13,14)15)81(74)91-71-55-72-77(56-73(71)95(65-42-32-23-33-43-65)75-51-67(52-76(96)83(75)91)93(61-34-24-19-25-35-61)62-36-26-20-27-37-62)97-79-53-68(94(63-38-28-21-29-39-63)64-40-30-22-31-41-64)54-80-84(79)92(72)82-70(90(16,17)18)48-60(88(10,11)12)50-78(82)98-80/h19-56H,1-18H3. The molecule has 98 heavy (non-hydrogen) atoms. The molecule has 0 unspecified atom stereocenters. The van der Waals surface area contributed by atoms with Crippen molar-refractivity contribution in [3.8, 4) is 23.0 Å². The van der Waals surface area contributed by atoms with Crippen molar-refractivity contribution in [3.63, 3.8) is 0 Å². The molecule has 4 aliphatic rings. The Balaban J connectivity index is 1.10. The monoisotopic (exact) mass is 1280 g/mol. The van der Waals surface area contributed by atoms with Gasteiger partial charge in [0.25, 0.3) is 13.4 Å². The molecule has 0 bridgehead atoms. The van der Waals surface area contributed by atoms with Crippen LogP contribution in [0.3, 0.4) is 0 Å². The summed E-state index contributed by atoms with van der Waals surface area (Å²) < 4.78 is 15.4. The van der Waals surface area contributed by atoms with Crippen LogP contribution in [-0.4, -0.2) is 13.4 Å². The molecule has 0 aliphatic carbocycles. The maximum absolute atomic E-state index is 7.83. The predicted molar refractivity (Wildman–Crippen MR) is 420 cm³/mol. The Morgan fingerprint density at radius 2 is 0.612 bits per heavy atom. The van der Waals surface area contributed by atoms with E-state index in [0.29, 0.717) is 0 Å². The molecule has 11 aromatic carbocycles. The molecule has 6 nitrogen and oxygen atoms in total. The van der Waals surface area contributed by atoms with Gasteiger partial charge in [-0.3, -0.25) is 0 Å². The first-order chi connectivity index (χ1) is 46.4. The van der Waals surface area contributed by atoms with Crippen LogP contribution in [0.1, 0.15) is 158 Å². The Morgan fingerprint density at radius 3 is 1.05 bits per heavy atom. The zero-order chi connectivity index (χ0) is 68.9. The number of hydrogen-bond acceptors (Lipinski definition) is 6. The van der Waals surface area contributed by atoms with Crippen molar-refractivity contribution < 1.29 is 9.47 Å². The zero-order valence-electron chi connectivity index (χ0n) is 60.7. The van der Waals surface area contributed by atoms with Crippen LogP contribution in [0.15, 0.2) is 231 Å². The number of nitrogens with zero attached hydrogens (tertiary/aromatic N) is 4. The van der Waals surface area contributed by atoms with Gasteiger partial charge in [0.05, 0.1) is 11.4 Å². The molecule has 0 spiro atoms. The van der Waals surface area contributed by atoms with E-state index in [4.69, 9.17) is 9.47 Å². The molecule has 11 aromatic rings. The van der Waals surface area contributed by atoms with Gasteiger partial charge in [0, 0.05) is 80.5 Å². The van der Waals surface area contributed by atoms with E-state index in [9.17, 15) is 0 Å². The molecule has 8 heteroatoms. The second-order valence-electron chi connectivity index (χ2n) is 34.0. The van der Waals surface area contributed by atoms with E-state index in [2.05, 4.69) is 375 Å². The molecular formula is C90H92B2N4O2. The van der Waals surface area contributed by atoms with E-state index >= 15 is 0 Å². The minimum Gasteiger partial charge on any atom is -0.458 e. The zero-order valence-corrected chi connectivity index (χ0v) is 60.7. The third-order valence-corrected chi connectivity index (χ3v) is 20.7. The average molecular weight is 1280 g/mol. The third kappa shape index (κ3) is 11.1. The highest BCUT2D eigenvalue weighted by Gasteiger charge is 2.51. The minimum atomic E-state index is -0.297. The smallest absolute Gasteiger partial charge is 0.261 e. The highest BCUT2D eigenvalue weighted by Crippen LogP contribution is 2.53. The number of para-hydroxylation sites is 5. The van der Waals surface area contributed by atoms with Gasteiger partial charge in [0.1, 0.15) is 23.0 Å². The normalized spacial score (nSPS) is 13.9. The summed E-state index contributed by atoms with van der Waals surface area (Å²) in [6.07, 6.45) is 0. The molecule has 490 valence electrons. The van der Waals surface area contributed by atoms with Gasteiger partial charge in [0.2, 0.25) is 0 Å². The van der Waals surface area contributed by atoms with E-state index in [-0.39, 0.29) is 45.9 Å². The van der Waals surface area contributed by atoms with Gasteiger partial charge >= 0.3 is 0 Å². The number of hydrogen-bond donors (Lipinski definition) is 0. The lowest BCUT2D eigenvalue weighted by molar-refractivity contribution is 0.460. The average Bonchev–Trinajstić information content (AvgIpc) is 0.682. The second-order valence-corrected chi connectivity index (χ2v) is 34.0. The maximum Gasteiger partial charge on any atom is 0.261 e. The van der Waals surface area contributed by atoms with Gasteiger partial charge in [-0.15, -0.1) is 0 Å². The Bertz CT molecular complexity index is 4820. The molecule has 4 heterocycles. The van der Waals surface area contributed by atoms with Crippen molar-refractivity contribution >= 4 is 114 Å². The van der Waals surface area contributed by atoms with Crippen LogP contribution in [0.5, 0.6) is 23.0 Å². The minimum absolute atomic E-state index is 0.156. The Hall–Kier alpha value is -9.65. The summed E-state index contributed by atoms with van der Waals surface area (Å²) in [5, 5.41) is 0. The van der Waals surface area contributed by atoms with E-state index < -0.39 is 0 Å². The van der Waals surface area contributed by atoms with Gasteiger partial charge in [-0.25, -0.2) is 0 Å². The predicted octanol–water partition coefficient (Wildman–Crippen LogP) is 21.2. The highest BCUT2D eigenvalue weighted by atomic mass is 16.5. The molecule has 0 saturated heterocycles. The fourth-order valence-electron chi connectivity index (χ4n) is 15.5. The number of benzene rings is 11. The summed E-state index contributed by atoms with van der Waals surface area (Å²) >= 11 is 0. The first-order valence-corrected chi connectivity index (χ1v) is 35.3. The van der Waals surface area contributed by atoms with Crippen molar-refractivity contribution in [1.82, 2.24) is 0 Å². The lowest BCUT2D eigenvalue weighted by Gasteiger charge is -2.47.